The van der Waals surface area contributed by atoms with E-state index < -0.39 is 0 Å². The van der Waals surface area contributed by atoms with E-state index in [2.05, 4.69) is 18.7 Å². The predicted octanol–water partition coefficient (Wildman–Crippen LogP) is 0.920. The summed E-state index contributed by atoms with van der Waals surface area (Å²) in [5.74, 6) is 1.72. The van der Waals surface area contributed by atoms with Gasteiger partial charge in [-0.15, -0.1) is 0 Å². The van der Waals surface area contributed by atoms with Gasteiger partial charge in [0.25, 0.3) is 0 Å². The molecule has 0 radical (unpaired) electrons. The van der Waals surface area contributed by atoms with Crippen molar-refractivity contribution in [1.82, 2.24) is 4.90 Å². The smallest absolute Gasteiger partial charge is 0.0552 e. The van der Waals surface area contributed by atoms with Crippen molar-refractivity contribution in [1.29, 1.82) is 0 Å². The number of nitrogens with two attached hydrogens (primary N) is 1. The highest BCUT2D eigenvalue weighted by Gasteiger charge is 2.27. The zero-order chi connectivity index (χ0) is 11.4. The van der Waals surface area contributed by atoms with E-state index in [0.717, 1.165) is 32.6 Å². The van der Waals surface area contributed by atoms with Crippen molar-refractivity contribution < 1.29 is 5.11 Å². The molecule has 0 aromatic carbocycles. The van der Waals surface area contributed by atoms with Crippen LogP contribution in [0.2, 0.25) is 0 Å². The van der Waals surface area contributed by atoms with Crippen LogP contribution in [0, 0.1) is 17.8 Å². The molecule has 0 amide bonds. The van der Waals surface area contributed by atoms with Gasteiger partial charge in [0.2, 0.25) is 0 Å². The fraction of sp³-hybridized carbons (Fsp3) is 1.00. The van der Waals surface area contributed by atoms with Crippen molar-refractivity contribution in [3.63, 3.8) is 0 Å². The minimum Gasteiger partial charge on any atom is -0.393 e. The molecule has 1 aliphatic heterocycles. The number of rotatable bonds is 5. The van der Waals surface area contributed by atoms with Gasteiger partial charge in [-0.1, -0.05) is 13.8 Å². The Labute approximate surface area is 93.6 Å². The molecule has 0 aliphatic carbocycles. The monoisotopic (exact) mass is 214 g/mol. The Morgan fingerprint density at radius 1 is 1.40 bits per heavy atom. The van der Waals surface area contributed by atoms with Crippen LogP contribution in [-0.4, -0.2) is 42.3 Å². The third-order valence-corrected chi connectivity index (χ3v) is 3.73. The fourth-order valence-corrected chi connectivity index (χ4v) is 2.31. The lowest BCUT2D eigenvalue weighted by molar-refractivity contribution is 0.124. The van der Waals surface area contributed by atoms with Crippen LogP contribution in [0.4, 0.5) is 0 Å². The summed E-state index contributed by atoms with van der Waals surface area (Å²) < 4.78 is 0. The van der Waals surface area contributed by atoms with Gasteiger partial charge in [-0.2, -0.15) is 0 Å². The van der Waals surface area contributed by atoms with Gasteiger partial charge < -0.3 is 15.7 Å². The highest BCUT2D eigenvalue weighted by Crippen LogP contribution is 2.22. The van der Waals surface area contributed by atoms with E-state index in [1.54, 1.807) is 0 Å². The highest BCUT2D eigenvalue weighted by atomic mass is 16.3. The van der Waals surface area contributed by atoms with Gasteiger partial charge in [0.15, 0.2) is 0 Å². The molecule has 3 N–H and O–H groups in total. The molecule has 0 bridgehead atoms. The molecule has 1 aliphatic rings. The molecule has 15 heavy (non-hydrogen) atoms. The van der Waals surface area contributed by atoms with Crippen molar-refractivity contribution in [2.45, 2.75) is 33.3 Å². The van der Waals surface area contributed by atoms with Crippen LogP contribution in [0.1, 0.15) is 27.2 Å². The van der Waals surface area contributed by atoms with Gasteiger partial charge in [0, 0.05) is 13.1 Å². The maximum Gasteiger partial charge on any atom is 0.0552 e. The standard InChI is InChI=1S/C12H26N2O/c1-9(2)12(6-13)8-14-5-4-11(7-14)10(3)15/h9-12,15H,4-8,13H2,1-3H3. The summed E-state index contributed by atoms with van der Waals surface area (Å²) in [6.07, 6.45) is 0.970. The van der Waals surface area contributed by atoms with Crippen molar-refractivity contribution in [3.05, 3.63) is 0 Å². The summed E-state index contributed by atoms with van der Waals surface area (Å²) in [7, 11) is 0. The Bertz CT molecular complexity index is 182. The van der Waals surface area contributed by atoms with Crippen LogP contribution in [0.15, 0.2) is 0 Å². The Morgan fingerprint density at radius 3 is 2.47 bits per heavy atom. The van der Waals surface area contributed by atoms with Crippen LogP contribution in [0.3, 0.4) is 0 Å². The molecule has 3 heteroatoms. The number of aliphatic hydroxyl groups excluding tert-OH is 1. The summed E-state index contributed by atoms with van der Waals surface area (Å²) in [5.41, 5.74) is 5.77. The van der Waals surface area contributed by atoms with Gasteiger partial charge in [0.1, 0.15) is 0 Å². The zero-order valence-corrected chi connectivity index (χ0v) is 10.3. The Morgan fingerprint density at radius 2 is 2.07 bits per heavy atom. The van der Waals surface area contributed by atoms with Gasteiger partial charge in [-0.05, 0) is 44.2 Å². The predicted molar refractivity (Wildman–Crippen MR) is 63.6 cm³/mol. The third kappa shape index (κ3) is 3.74. The maximum atomic E-state index is 9.52. The molecular weight excluding hydrogens is 188 g/mol. The summed E-state index contributed by atoms with van der Waals surface area (Å²) in [4.78, 5) is 2.45. The molecule has 0 aromatic heterocycles. The minimum atomic E-state index is -0.162. The first-order chi connectivity index (χ1) is 7.04. The largest absolute Gasteiger partial charge is 0.393 e. The van der Waals surface area contributed by atoms with Crippen LogP contribution in [-0.2, 0) is 0 Å². The average Bonchev–Trinajstić information content (AvgIpc) is 2.61. The maximum absolute atomic E-state index is 9.52. The SMILES string of the molecule is CC(C)C(CN)CN1CCC(C(C)O)C1. The van der Waals surface area contributed by atoms with Crippen LogP contribution in [0.25, 0.3) is 0 Å². The summed E-state index contributed by atoms with van der Waals surface area (Å²) >= 11 is 0. The second-order valence-electron chi connectivity index (χ2n) is 5.29. The Hall–Kier alpha value is -0.120. The van der Waals surface area contributed by atoms with Crippen LogP contribution in [0.5, 0.6) is 0 Å². The molecule has 1 saturated heterocycles. The number of aliphatic hydroxyl groups is 1. The van der Waals surface area contributed by atoms with E-state index in [4.69, 9.17) is 5.73 Å². The molecule has 3 atom stereocenters. The number of hydrogen-bond acceptors (Lipinski definition) is 3. The summed E-state index contributed by atoms with van der Waals surface area (Å²) in [5, 5.41) is 9.52. The van der Waals surface area contributed by atoms with Crippen LogP contribution < -0.4 is 5.73 Å². The average molecular weight is 214 g/mol. The quantitative estimate of drug-likeness (QED) is 0.715. The lowest BCUT2D eigenvalue weighted by atomic mass is 9.95. The Kier molecular flexibility index (Phi) is 5.03. The molecule has 3 unspecified atom stereocenters. The second-order valence-corrected chi connectivity index (χ2v) is 5.29. The number of likely N-dealkylation sites (tertiary alicyclic amines) is 1. The first-order valence-electron chi connectivity index (χ1n) is 6.15. The molecule has 1 fully saturated rings. The summed E-state index contributed by atoms with van der Waals surface area (Å²) in [6.45, 7) is 10.4. The first kappa shape index (κ1) is 12.9. The van der Waals surface area contributed by atoms with Crippen molar-refractivity contribution >= 4 is 0 Å². The molecule has 0 spiro atoms. The number of hydrogen-bond donors (Lipinski definition) is 2. The van der Waals surface area contributed by atoms with E-state index in [9.17, 15) is 5.11 Å². The van der Waals surface area contributed by atoms with Crippen molar-refractivity contribution in [2.75, 3.05) is 26.2 Å². The van der Waals surface area contributed by atoms with E-state index in [1.165, 1.54) is 0 Å². The third-order valence-electron chi connectivity index (χ3n) is 3.73. The van der Waals surface area contributed by atoms with Gasteiger partial charge in [-0.3, -0.25) is 0 Å². The lowest BCUT2D eigenvalue weighted by Crippen LogP contribution is -2.35. The van der Waals surface area contributed by atoms with E-state index in [0.29, 0.717) is 17.8 Å². The lowest BCUT2D eigenvalue weighted by Gasteiger charge is -2.25. The molecule has 1 rings (SSSR count). The first-order valence-corrected chi connectivity index (χ1v) is 6.15. The molecule has 3 nitrogen and oxygen atoms in total. The van der Waals surface area contributed by atoms with E-state index >= 15 is 0 Å². The molecule has 0 aromatic rings. The van der Waals surface area contributed by atoms with Crippen molar-refractivity contribution in [2.24, 2.45) is 23.5 Å². The fourth-order valence-electron chi connectivity index (χ4n) is 2.31. The molecular formula is C12H26N2O. The van der Waals surface area contributed by atoms with E-state index in [1.807, 2.05) is 6.92 Å². The topological polar surface area (TPSA) is 49.5 Å². The zero-order valence-electron chi connectivity index (χ0n) is 10.3. The summed E-state index contributed by atoms with van der Waals surface area (Å²) in [6, 6.07) is 0. The molecule has 0 saturated carbocycles. The van der Waals surface area contributed by atoms with Crippen molar-refractivity contribution in [3.8, 4) is 0 Å². The van der Waals surface area contributed by atoms with E-state index in [-0.39, 0.29) is 6.10 Å². The second kappa shape index (κ2) is 5.83. The molecule has 1 heterocycles. The highest BCUT2D eigenvalue weighted by molar-refractivity contribution is 4.81. The normalized spacial score (nSPS) is 27.2. The van der Waals surface area contributed by atoms with Gasteiger partial charge in [0.05, 0.1) is 6.10 Å². The van der Waals surface area contributed by atoms with Gasteiger partial charge >= 0.3 is 0 Å². The minimum absolute atomic E-state index is 0.162. The number of nitrogens with zero attached hydrogens (tertiary/aromatic N) is 1. The van der Waals surface area contributed by atoms with Crippen LogP contribution >= 0.6 is 0 Å². The Balaban J connectivity index is 2.34. The van der Waals surface area contributed by atoms with Gasteiger partial charge in [-0.25, -0.2) is 0 Å². The molecule has 90 valence electrons.